The summed E-state index contributed by atoms with van der Waals surface area (Å²) >= 11 is 24.5. The van der Waals surface area contributed by atoms with E-state index in [0.29, 0.717) is 41.3 Å². The standard InChI is InChI=1S/C17H8Cl3N3O2S2/c18-7-1-2-11-12(6-7)23-14(22-15(11)24)13(27-17(23)26)16(25)21-10-4-8(19)3-9(20)5-10/h1-6H,(H,21,25)(H,22,24). The highest BCUT2D eigenvalue weighted by atomic mass is 35.5. The first-order chi connectivity index (χ1) is 12.8. The molecule has 0 saturated heterocycles. The number of thiazole rings is 1. The third kappa shape index (κ3) is 3.37. The van der Waals surface area contributed by atoms with Gasteiger partial charge in [-0.05, 0) is 48.6 Å². The molecule has 4 rings (SSSR count). The minimum atomic E-state index is -0.441. The van der Waals surface area contributed by atoms with Crippen LogP contribution in [0.1, 0.15) is 9.67 Å². The van der Waals surface area contributed by atoms with Crippen LogP contribution in [0.4, 0.5) is 5.69 Å². The molecule has 0 radical (unpaired) electrons. The van der Waals surface area contributed by atoms with Crippen LogP contribution in [0.25, 0.3) is 16.6 Å². The van der Waals surface area contributed by atoms with Crippen molar-refractivity contribution in [3.05, 3.63) is 70.7 Å². The van der Waals surface area contributed by atoms with E-state index >= 15 is 0 Å². The second kappa shape index (κ2) is 6.92. The van der Waals surface area contributed by atoms with E-state index < -0.39 is 5.91 Å². The van der Waals surface area contributed by atoms with Gasteiger partial charge in [-0.3, -0.25) is 14.0 Å². The average molecular weight is 457 g/mol. The number of fused-ring (bicyclic) bond motifs is 3. The number of hydrogen-bond acceptors (Lipinski definition) is 4. The maximum absolute atomic E-state index is 12.8. The van der Waals surface area contributed by atoms with Crippen molar-refractivity contribution in [3.8, 4) is 0 Å². The Hall–Kier alpha value is -1.90. The molecule has 2 aromatic heterocycles. The van der Waals surface area contributed by atoms with Gasteiger partial charge in [0.15, 0.2) is 3.95 Å². The van der Waals surface area contributed by atoms with Crippen molar-refractivity contribution in [2.75, 3.05) is 5.32 Å². The topological polar surface area (TPSA) is 66.4 Å². The molecule has 0 spiro atoms. The van der Waals surface area contributed by atoms with Crippen molar-refractivity contribution in [2.24, 2.45) is 0 Å². The minimum absolute atomic E-state index is 0.259. The zero-order chi connectivity index (χ0) is 19.3. The molecule has 0 bridgehead atoms. The Bertz CT molecular complexity index is 1340. The lowest BCUT2D eigenvalue weighted by molar-refractivity contribution is 0.103. The SMILES string of the molecule is O=C(Nc1cc(Cl)cc(Cl)c1)c1sc(=S)n2c1[nH]c(=O)c1ccc(Cl)cc12. The largest absolute Gasteiger partial charge is 0.321 e. The summed E-state index contributed by atoms with van der Waals surface area (Å²) in [5.41, 5.74) is 0.929. The van der Waals surface area contributed by atoms with Crippen molar-refractivity contribution in [2.45, 2.75) is 0 Å². The highest BCUT2D eigenvalue weighted by Gasteiger charge is 2.18. The lowest BCUT2D eigenvalue weighted by Crippen LogP contribution is -2.15. The Morgan fingerprint density at radius 3 is 2.48 bits per heavy atom. The van der Waals surface area contributed by atoms with E-state index in [0.717, 1.165) is 11.3 Å². The number of benzene rings is 2. The molecular formula is C17H8Cl3N3O2S2. The maximum Gasteiger partial charge on any atom is 0.269 e. The number of halogens is 3. The van der Waals surface area contributed by atoms with Crippen LogP contribution in [0.2, 0.25) is 15.1 Å². The molecular weight excluding hydrogens is 449 g/mol. The van der Waals surface area contributed by atoms with E-state index in [-0.39, 0.29) is 10.4 Å². The Kier molecular flexibility index (Phi) is 4.73. The molecule has 0 saturated carbocycles. The van der Waals surface area contributed by atoms with Gasteiger partial charge < -0.3 is 10.3 Å². The first-order valence-electron chi connectivity index (χ1n) is 7.48. The van der Waals surface area contributed by atoms with Crippen LogP contribution in [0.3, 0.4) is 0 Å². The summed E-state index contributed by atoms with van der Waals surface area (Å²) in [4.78, 5) is 28.2. The molecule has 0 aliphatic heterocycles. The number of nitrogens with zero attached hydrogens (tertiary/aromatic N) is 1. The smallest absolute Gasteiger partial charge is 0.269 e. The summed E-state index contributed by atoms with van der Waals surface area (Å²) < 4.78 is 2.03. The lowest BCUT2D eigenvalue weighted by Gasteiger charge is -2.06. The first-order valence-corrected chi connectivity index (χ1v) is 9.84. The van der Waals surface area contributed by atoms with Crippen LogP contribution < -0.4 is 10.9 Å². The molecule has 27 heavy (non-hydrogen) atoms. The normalized spacial score (nSPS) is 11.2. The van der Waals surface area contributed by atoms with Crippen LogP contribution in [0, 0.1) is 3.95 Å². The van der Waals surface area contributed by atoms with Gasteiger partial charge in [0.2, 0.25) is 0 Å². The number of anilines is 1. The fraction of sp³-hybridized carbons (Fsp3) is 0. The number of aromatic amines is 1. The molecule has 136 valence electrons. The van der Waals surface area contributed by atoms with E-state index in [1.54, 1.807) is 40.8 Å². The molecule has 2 heterocycles. The molecule has 0 atom stereocenters. The van der Waals surface area contributed by atoms with Crippen LogP contribution in [0.15, 0.2) is 41.2 Å². The summed E-state index contributed by atoms with van der Waals surface area (Å²) in [5.74, 6) is -0.441. The fourth-order valence-corrected chi connectivity index (χ4v) is 4.70. The van der Waals surface area contributed by atoms with Crippen molar-refractivity contribution < 1.29 is 4.79 Å². The summed E-state index contributed by atoms with van der Waals surface area (Å²) in [6.45, 7) is 0. The average Bonchev–Trinajstić information content (AvgIpc) is 2.90. The Labute approximate surface area is 176 Å². The predicted molar refractivity (Wildman–Crippen MR) is 114 cm³/mol. The predicted octanol–water partition coefficient (Wildman–Crippen LogP) is 5.78. The van der Waals surface area contributed by atoms with Crippen molar-refractivity contribution in [1.29, 1.82) is 0 Å². The van der Waals surface area contributed by atoms with Gasteiger partial charge in [0.1, 0.15) is 10.5 Å². The van der Waals surface area contributed by atoms with E-state index in [9.17, 15) is 9.59 Å². The number of carbonyl (C=O) groups excluding carboxylic acids is 1. The number of amides is 1. The summed E-state index contributed by atoms with van der Waals surface area (Å²) in [5, 5.41) is 4.38. The summed E-state index contributed by atoms with van der Waals surface area (Å²) in [6, 6.07) is 9.58. The van der Waals surface area contributed by atoms with Crippen molar-refractivity contribution in [1.82, 2.24) is 9.38 Å². The molecule has 10 heteroatoms. The minimum Gasteiger partial charge on any atom is -0.321 e. The maximum atomic E-state index is 12.8. The van der Waals surface area contributed by atoms with Gasteiger partial charge >= 0.3 is 0 Å². The summed E-state index contributed by atoms with van der Waals surface area (Å²) in [6.07, 6.45) is 0. The van der Waals surface area contributed by atoms with Crippen LogP contribution in [-0.4, -0.2) is 15.3 Å². The van der Waals surface area contributed by atoms with Gasteiger partial charge in [0.05, 0.1) is 10.9 Å². The van der Waals surface area contributed by atoms with Gasteiger partial charge in [-0.15, -0.1) is 0 Å². The number of H-pyrrole nitrogens is 1. The molecule has 1 amide bonds. The second-order valence-corrected chi connectivity index (χ2v) is 8.56. The zero-order valence-corrected chi connectivity index (χ0v) is 17.1. The van der Waals surface area contributed by atoms with Gasteiger partial charge in [-0.2, -0.15) is 0 Å². The number of hydrogen-bond donors (Lipinski definition) is 2. The number of rotatable bonds is 2. The third-order valence-corrected chi connectivity index (χ3v) is 5.86. The Balaban J connectivity index is 1.90. The van der Waals surface area contributed by atoms with Crippen LogP contribution in [0.5, 0.6) is 0 Å². The molecule has 0 aliphatic carbocycles. The highest BCUT2D eigenvalue weighted by molar-refractivity contribution is 7.73. The Morgan fingerprint density at radius 2 is 1.78 bits per heavy atom. The monoisotopic (exact) mass is 455 g/mol. The molecule has 0 fully saturated rings. The van der Waals surface area contributed by atoms with E-state index in [2.05, 4.69) is 10.3 Å². The molecule has 2 N–H and O–H groups in total. The number of aromatic nitrogens is 2. The van der Waals surface area contributed by atoms with Gasteiger partial charge in [0.25, 0.3) is 11.5 Å². The zero-order valence-electron chi connectivity index (χ0n) is 13.2. The number of nitrogens with one attached hydrogen (secondary N) is 2. The van der Waals surface area contributed by atoms with Crippen molar-refractivity contribution >= 4 is 86.5 Å². The van der Waals surface area contributed by atoms with E-state index in [4.69, 9.17) is 47.0 Å². The van der Waals surface area contributed by atoms with Crippen LogP contribution >= 0.6 is 58.4 Å². The van der Waals surface area contributed by atoms with Crippen molar-refractivity contribution in [3.63, 3.8) is 0 Å². The quantitative estimate of drug-likeness (QED) is 0.375. The molecule has 0 unspecified atom stereocenters. The van der Waals surface area contributed by atoms with Crippen LogP contribution in [-0.2, 0) is 0 Å². The fourth-order valence-electron chi connectivity index (χ4n) is 2.73. The van der Waals surface area contributed by atoms with E-state index in [1.807, 2.05) is 0 Å². The molecule has 5 nitrogen and oxygen atoms in total. The Morgan fingerprint density at radius 1 is 1.07 bits per heavy atom. The third-order valence-electron chi connectivity index (χ3n) is 3.81. The van der Waals surface area contributed by atoms with Gasteiger partial charge in [0, 0.05) is 20.8 Å². The van der Waals surface area contributed by atoms with Gasteiger partial charge in [-0.1, -0.05) is 46.1 Å². The number of carbonyl (C=O) groups is 1. The first kappa shape index (κ1) is 18.5. The summed E-state index contributed by atoms with van der Waals surface area (Å²) in [7, 11) is 0. The molecule has 0 aliphatic rings. The highest BCUT2D eigenvalue weighted by Crippen LogP contribution is 2.27. The van der Waals surface area contributed by atoms with Gasteiger partial charge in [-0.25, -0.2) is 0 Å². The molecule has 2 aromatic carbocycles. The van der Waals surface area contributed by atoms with E-state index in [1.165, 1.54) is 0 Å². The second-order valence-electron chi connectivity index (χ2n) is 5.61. The molecule has 4 aromatic rings. The lowest BCUT2D eigenvalue weighted by atomic mass is 10.2.